The van der Waals surface area contributed by atoms with Gasteiger partial charge in [0.05, 0.1) is 4.92 Å². The molecule has 0 aliphatic rings. The van der Waals surface area contributed by atoms with Gasteiger partial charge in [-0.05, 0) is 18.2 Å². The van der Waals surface area contributed by atoms with Crippen LogP contribution in [0, 0.1) is 10.1 Å². The second kappa shape index (κ2) is 6.12. The van der Waals surface area contributed by atoms with Gasteiger partial charge in [-0.2, -0.15) is 0 Å². The molecule has 2 rings (SSSR count). The topological polar surface area (TPSA) is 86.4 Å². The maximum Gasteiger partial charge on any atom is 0.283 e. The van der Waals surface area contributed by atoms with Crippen LogP contribution in [-0.2, 0) is 6.54 Å². The molecule has 0 spiro atoms. The van der Waals surface area contributed by atoms with Crippen molar-refractivity contribution in [1.29, 1.82) is 0 Å². The predicted octanol–water partition coefficient (Wildman–Crippen LogP) is 1.99. The second-order valence-corrected chi connectivity index (χ2v) is 4.45. The number of rotatable bonds is 4. The summed E-state index contributed by atoms with van der Waals surface area (Å²) in [5, 5.41) is 13.8. The van der Waals surface area contributed by atoms with Crippen LogP contribution >= 0.6 is 11.6 Å². The molecule has 6 nitrogen and oxygen atoms in total. The van der Waals surface area contributed by atoms with Crippen LogP contribution < -0.4 is 10.3 Å². The molecule has 1 heterocycles. The Hall–Kier alpha value is -2.47. The van der Waals surface area contributed by atoms with Gasteiger partial charge in [-0.15, -0.1) is 0 Å². The van der Waals surface area contributed by atoms with Gasteiger partial charge in [0, 0.05) is 29.3 Å². The summed E-state index contributed by atoms with van der Waals surface area (Å²) >= 11 is 5.70. The molecule has 1 aromatic carbocycles. The van der Waals surface area contributed by atoms with Crippen molar-refractivity contribution in [3.8, 4) is 0 Å². The molecular weight excluding hydrogens is 282 g/mol. The number of halogens is 1. The number of benzene rings is 1. The molecule has 2 aromatic rings. The number of hydrogen-bond donors (Lipinski definition) is 1. The first kappa shape index (κ1) is 14.0. The number of H-pyrrole nitrogens is 1. The van der Waals surface area contributed by atoms with E-state index in [1.165, 1.54) is 12.1 Å². The van der Waals surface area contributed by atoms with E-state index in [0.29, 0.717) is 0 Å². The smallest absolute Gasteiger partial charge is 0.283 e. The van der Waals surface area contributed by atoms with E-state index in [2.05, 4.69) is 10.3 Å². The van der Waals surface area contributed by atoms with Crippen LogP contribution in [0.1, 0.15) is 15.9 Å². The first-order valence-electron chi connectivity index (χ1n) is 5.75. The molecule has 0 saturated heterocycles. The Morgan fingerprint density at radius 1 is 1.40 bits per heavy atom. The van der Waals surface area contributed by atoms with Crippen LogP contribution in [-0.4, -0.2) is 10.8 Å². The summed E-state index contributed by atoms with van der Waals surface area (Å²) in [6, 6.07) is 7.57. The zero-order chi connectivity index (χ0) is 14.5. The lowest BCUT2D eigenvalue weighted by atomic mass is 10.1. The minimum absolute atomic E-state index is 0.0145. The number of nitro groups is 1. The van der Waals surface area contributed by atoms with Crippen molar-refractivity contribution < 1.29 is 14.7 Å². The number of nitrogens with one attached hydrogen (secondary N) is 2. The number of carbonyl (C=O) groups is 1. The average Bonchev–Trinajstić information content (AvgIpc) is 2.45. The fraction of sp³-hybridized carbons (Fsp3) is 0.0769. The second-order valence-electron chi connectivity index (χ2n) is 4.01. The monoisotopic (exact) mass is 292 g/mol. The van der Waals surface area contributed by atoms with Crippen LogP contribution in [0.3, 0.4) is 0 Å². The summed E-state index contributed by atoms with van der Waals surface area (Å²) in [5.41, 5.74) is 0.534. The van der Waals surface area contributed by atoms with Crippen molar-refractivity contribution in [2.45, 2.75) is 6.54 Å². The van der Waals surface area contributed by atoms with Gasteiger partial charge in [0.2, 0.25) is 0 Å². The molecule has 102 valence electrons. The molecule has 20 heavy (non-hydrogen) atoms. The largest absolute Gasteiger partial charge is 0.348 e. The number of hydrogen-bond acceptors (Lipinski definition) is 3. The average molecular weight is 293 g/mol. The van der Waals surface area contributed by atoms with Gasteiger partial charge < -0.3 is 5.32 Å². The molecule has 0 aliphatic heterocycles. The number of nitrogens with zero attached hydrogens (tertiary/aromatic N) is 1. The Labute approximate surface area is 119 Å². The molecule has 1 amide bonds. The van der Waals surface area contributed by atoms with E-state index in [9.17, 15) is 14.9 Å². The summed E-state index contributed by atoms with van der Waals surface area (Å²) in [6.07, 6.45) is 3.48. The lowest BCUT2D eigenvalue weighted by Gasteiger charge is -2.05. The van der Waals surface area contributed by atoms with E-state index >= 15 is 0 Å². The van der Waals surface area contributed by atoms with E-state index in [4.69, 9.17) is 11.6 Å². The highest BCUT2D eigenvalue weighted by Crippen LogP contribution is 2.23. The minimum Gasteiger partial charge on any atom is -0.348 e. The van der Waals surface area contributed by atoms with Crippen LogP contribution in [0.2, 0.25) is 5.02 Å². The molecule has 0 bridgehead atoms. The molecule has 2 N–H and O–H groups in total. The Morgan fingerprint density at radius 2 is 2.20 bits per heavy atom. The molecular formula is C13H11ClN3O3+. The van der Waals surface area contributed by atoms with Crippen molar-refractivity contribution in [2.75, 3.05) is 0 Å². The number of pyridine rings is 1. The standard InChI is InChI=1S/C13H10ClN3O3/c14-10-3-4-11(12(6-10)17(19)20)13(18)16-8-9-2-1-5-15-7-9/h1-7H,8H2,(H,16,18)/p+1. The van der Waals surface area contributed by atoms with Crippen LogP contribution in [0.4, 0.5) is 5.69 Å². The third-order valence-electron chi connectivity index (χ3n) is 2.63. The predicted molar refractivity (Wildman–Crippen MR) is 72.3 cm³/mol. The molecule has 0 radical (unpaired) electrons. The highest BCUT2D eigenvalue weighted by molar-refractivity contribution is 6.31. The summed E-state index contributed by atoms with van der Waals surface area (Å²) in [4.78, 5) is 25.2. The van der Waals surface area contributed by atoms with Crippen molar-refractivity contribution in [2.24, 2.45) is 0 Å². The normalized spacial score (nSPS) is 10.1. The van der Waals surface area contributed by atoms with Crippen LogP contribution in [0.15, 0.2) is 42.7 Å². The minimum atomic E-state index is -0.628. The fourth-order valence-corrected chi connectivity index (χ4v) is 1.83. The van der Waals surface area contributed by atoms with Gasteiger partial charge in [0.1, 0.15) is 5.56 Å². The van der Waals surface area contributed by atoms with Gasteiger partial charge in [0.25, 0.3) is 11.6 Å². The fourth-order valence-electron chi connectivity index (χ4n) is 1.67. The van der Waals surface area contributed by atoms with E-state index in [0.717, 1.165) is 11.6 Å². The Kier molecular flexibility index (Phi) is 4.27. The molecule has 0 atom stereocenters. The van der Waals surface area contributed by atoms with Gasteiger partial charge >= 0.3 is 0 Å². The van der Waals surface area contributed by atoms with Crippen molar-refractivity contribution >= 4 is 23.2 Å². The van der Waals surface area contributed by atoms with E-state index in [1.807, 2.05) is 6.07 Å². The third kappa shape index (κ3) is 3.30. The Bertz CT molecular complexity index is 647. The molecule has 0 saturated carbocycles. The first-order valence-corrected chi connectivity index (χ1v) is 6.13. The van der Waals surface area contributed by atoms with Crippen LogP contribution in [0.25, 0.3) is 0 Å². The van der Waals surface area contributed by atoms with E-state index in [1.54, 1.807) is 18.5 Å². The molecule has 0 aliphatic carbocycles. The lowest BCUT2D eigenvalue weighted by molar-refractivity contribution is -0.385. The Balaban J connectivity index is 2.15. The molecule has 7 heteroatoms. The SMILES string of the molecule is O=C(NCc1ccc[nH+]c1)c1ccc(Cl)cc1[N+](=O)[O-]. The number of aromatic nitrogens is 1. The number of carbonyl (C=O) groups excluding carboxylic acids is 1. The molecule has 1 aromatic heterocycles. The summed E-state index contributed by atoms with van der Waals surface area (Å²) in [7, 11) is 0. The quantitative estimate of drug-likeness (QED) is 0.690. The zero-order valence-electron chi connectivity index (χ0n) is 10.3. The van der Waals surface area contributed by atoms with Crippen molar-refractivity contribution in [1.82, 2.24) is 5.32 Å². The van der Waals surface area contributed by atoms with Gasteiger partial charge in [-0.25, -0.2) is 4.98 Å². The van der Waals surface area contributed by atoms with Gasteiger partial charge in [-0.1, -0.05) is 11.6 Å². The van der Waals surface area contributed by atoms with Gasteiger partial charge in [0.15, 0.2) is 12.4 Å². The molecule has 0 unspecified atom stereocenters. The highest BCUT2D eigenvalue weighted by Gasteiger charge is 2.20. The number of aromatic amines is 1. The highest BCUT2D eigenvalue weighted by atomic mass is 35.5. The van der Waals surface area contributed by atoms with Gasteiger partial charge in [-0.3, -0.25) is 14.9 Å². The lowest BCUT2D eigenvalue weighted by Crippen LogP contribution is -2.24. The van der Waals surface area contributed by atoms with Crippen LogP contribution in [0.5, 0.6) is 0 Å². The molecule has 0 fully saturated rings. The van der Waals surface area contributed by atoms with Crippen molar-refractivity contribution in [3.63, 3.8) is 0 Å². The third-order valence-corrected chi connectivity index (χ3v) is 2.86. The first-order chi connectivity index (χ1) is 9.58. The maximum absolute atomic E-state index is 12.0. The van der Waals surface area contributed by atoms with Crippen molar-refractivity contribution in [3.05, 3.63) is 69.0 Å². The summed E-state index contributed by atoms with van der Waals surface area (Å²) in [5.74, 6) is -0.516. The number of nitro benzene ring substituents is 1. The van der Waals surface area contributed by atoms with E-state index < -0.39 is 10.8 Å². The number of amides is 1. The maximum atomic E-state index is 12.0. The van der Waals surface area contributed by atoms with E-state index in [-0.39, 0.29) is 22.8 Å². The summed E-state index contributed by atoms with van der Waals surface area (Å²) < 4.78 is 0. The zero-order valence-corrected chi connectivity index (χ0v) is 11.1. The summed E-state index contributed by atoms with van der Waals surface area (Å²) in [6.45, 7) is 0.274. The Morgan fingerprint density at radius 3 is 2.85 bits per heavy atom.